The van der Waals surface area contributed by atoms with Gasteiger partial charge in [0.05, 0.1) is 0 Å². The summed E-state index contributed by atoms with van der Waals surface area (Å²) < 4.78 is 5.81. The van der Waals surface area contributed by atoms with Crippen LogP contribution in [0.4, 0.5) is 0 Å². The number of aromatic nitrogens is 1. The number of H-pyrrole nitrogens is 1. The lowest BCUT2D eigenvalue weighted by molar-refractivity contribution is -0.138. The molecule has 1 amide bonds. The number of ether oxygens (including phenoxy) is 1. The van der Waals surface area contributed by atoms with E-state index < -0.39 is 6.10 Å². The van der Waals surface area contributed by atoms with E-state index in [0.717, 1.165) is 11.9 Å². The van der Waals surface area contributed by atoms with Gasteiger partial charge < -0.3 is 14.6 Å². The molecule has 1 aliphatic heterocycles. The first kappa shape index (κ1) is 17.3. The standard InChI is InChI=1S/C22H22N2O3/c1-14(25)16-7-9-17(10-8-16)27-15(2)22(26)24-12-11-21-19(13-24)18-5-3-4-6-20(18)23-21/h3-10,15,23H,11-13H2,1-2H3/t15-/m1/s1. The number of hydrogen-bond donors (Lipinski definition) is 1. The molecule has 5 heteroatoms. The van der Waals surface area contributed by atoms with Crippen LogP contribution in [-0.2, 0) is 17.8 Å². The summed E-state index contributed by atoms with van der Waals surface area (Å²) in [5.41, 5.74) is 4.16. The second kappa shape index (κ2) is 6.91. The second-order valence-electron chi connectivity index (χ2n) is 6.98. The third kappa shape index (κ3) is 3.33. The highest BCUT2D eigenvalue weighted by atomic mass is 16.5. The highest BCUT2D eigenvalue weighted by Crippen LogP contribution is 2.28. The summed E-state index contributed by atoms with van der Waals surface area (Å²) in [6.45, 7) is 4.56. The Morgan fingerprint density at radius 2 is 1.85 bits per heavy atom. The molecule has 2 aromatic carbocycles. The Morgan fingerprint density at radius 1 is 1.11 bits per heavy atom. The summed E-state index contributed by atoms with van der Waals surface area (Å²) in [4.78, 5) is 29.6. The predicted octanol–water partition coefficient (Wildman–Crippen LogP) is 3.72. The van der Waals surface area contributed by atoms with E-state index in [9.17, 15) is 9.59 Å². The monoisotopic (exact) mass is 362 g/mol. The average molecular weight is 362 g/mol. The van der Waals surface area contributed by atoms with Gasteiger partial charge in [-0.25, -0.2) is 0 Å². The zero-order valence-electron chi connectivity index (χ0n) is 15.5. The van der Waals surface area contributed by atoms with Crippen molar-refractivity contribution in [2.24, 2.45) is 0 Å². The number of carbonyl (C=O) groups is 2. The highest BCUT2D eigenvalue weighted by Gasteiger charge is 2.27. The van der Waals surface area contributed by atoms with Gasteiger partial charge in [0.15, 0.2) is 11.9 Å². The zero-order valence-corrected chi connectivity index (χ0v) is 15.5. The number of para-hydroxylation sites is 1. The largest absolute Gasteiger partial charge is 0.481 e. The Labute approximate surface area is 157 Å². The van der Waals surface area contributed by atoms with E-state index in [1.165, 1.54) is 23.6 Å². The van der Waals surface area contributed by atoms with Gasteiger partial charge in [-0.3, -0.25) is 9.59 Å². The highest BCUT2D eigenvalue weighted by molar-refractivity contribution is 5.94. The van der Waals surface area contributed by atoms with Crippen LogP contribution in [0, 0.1) is 0 Å². The third-order valence-electron chi connectivity index (χ3n) is 5.12. The summed E-state index contributed by atoms with van der Waals surface area (Å²) in [6.07, 6.45) is 0.232. The van der Waals surface area contributed by atoms with Gasteiger partial charge in [0.1, 0.15) is 5.75 Å². The van der Waals surface area contributed by atoms with Crippen molar-refractivity contribution in [1.29, 1.82) is 0 Å². The van der Waals surface area contributed by atoms with Crippen molar-refractivity contribution in [3.05, 3.63) is 65.4 Å². The molecule has 1 aliphatic rings. The normalized spacial score (nSPS) is 14.7. The summed E-state index contributed by atoms with van der Waals surface area (Å²) in [6, 6.07) is 15.1. The van der Waals surface area contributed by atoms with Gasteiger partial charge in [-0.15, -0.1) is 0 Å². The first-order chi connectivity index (χ1) is 13.0. The molecular formula is C22H22N2O3. The number of amides is 1. The van der Waals surface area contributed by atoms with Crippen LogP contribution < -0.4 is 4.74 Å². The molecule has 0 fully saturated rings. The molecule has 1 N–H and O–H groups in total. The number of ketones is 1. The van der Waals surface area contributed by atoms with Crippen LogP contribution in [-0.4, -0.2) is 34.2 Å². The van der Waals surface area contributed by atoms with E-state index in [1.54, 1.807) is 31.2 Å². The summed E-state index contributed by atoms with van der Waals surface area (Å²) >= 11 is 0. The number of benzene rings is 2. The van der Waals surface area contributed by atoms with Crippen LogP contribution in [0.3, 0.4) is 0 Å². The van der Waals surface area contributed by atoms with E-state index in [-0.39, 0.29) is 11.7 Å². The minimum atomic E-state index is -0.583. The molecule has 0 saturated heterocycles. The van der Waals surface area contributed by atoms with E-state index in [2.05, 4.69) is 17.1 Å². The summed E-state index contributed by atoms with van der Waals surface area (Å²) in [7, 11) is 0. The maximum atomic E-state index is 12.9. The first-order valence-corrected chi connectivity index (χ1v) is 9.18. The van der Waals surface area contributed by atoms with Gasteiger partial charge in [-0.1, -0.05) is 18.2 Å². The number of nitrogens with zero attached hydrogens (tertiary/aromatic N) is 1. The summed E-state index contributed by atoms with van der Waals surface area (Å²) in [5, 5.41) is 1.18. The molecule has 27 heavy (non-hydrogen) atoms. The van der Waals surface area contributed by atoms with Gasteiger partial charge in [-0.05, 0) is 44.2 Å². The Balaban J connectivity index is 1.47. The average Bonchev–Trinajstić information content (AvgIpc) is 3.05. The Bertz CT molecular complexity index is 1000. The molecule has 0 radical (unpaired) electrons. The second-order valence-corrected chi connectivity index (χ2v) is 6.98. The number of nitrogens with one attached hydrogen (secondary N) is 1. The number of Topliss-reactive ketones (excluding diaryl/α,β-unsaturated/α-hetero) is 1. The SMILES string of the molecule is CC(=O)c1ccc(O[C@H](C)C(=O)N2CCc3[nH]c4ccccc4c3C2)cc1. The molecule has 2 heterocycles. The fourth-order valence-electron chi connectivity index (χ4n) is 3.63. The number of hydrogen-bond acceptors (Lipinski definition) is 3. The van der Waals surface area contributed by atoms with E-state index in [4.69, 9.17) is 4.74 Å². The van der Waals surface area contributed by atoms with Crippen LogP contribution in [0.25, 0.3) is 10.9 Å². The maximum Gasteiger partial charge on any atom is 0.263 e. The number of fused-ring (bicyclic) bond motifs is 3. The van der Waals surface area contributed by atoms with Crippen LogP contribution in [0.1, 0.15) is 35.5 Å². The van der Waals surface area contributed by atoms with Gasteiger partial charge in [-0.2, -0.15) is 0 Å². The quantitative estimate of drug-likeness (QED) is 0.720. The number of rotatable bonds is 4. The van der Waals surface area contributed by atoms with Crippen molar-refractivity contribution in [2.45, 2.75) is 32.9 Å². The zero-order chi connectivity index (χ0) is 19.0. The smallest absolute Gasteiger partial charge is 0.263 e. The van der Waals surface area contributed by atoms with Crippen LogP contribution >= 0.6 is 0 Å². The van der Waals surface area contributed by atoms with Crippen molar-refractivity contribution < 1.29 is 14.3 Å². The molecule has 0 saturated carbocycles. The van der Waals surface area contributed by atoms with Crippen LogP contribution in [0.15, 0.2) is 48.5 Å². The number of carbonyl (C=O) groups excluding carboxylic acids is 2. The first-order valence-electron chi connectivity index (χ1n) is 9.18. The van der Waals surface area contributed by atoms with Crippen LogP contribution in [0.2, 0.25) is 0 Å². The molecule has 0 aliphatic carbocycles. The molecule has 0 unspecified atom stereocenters. The van der Waals surface area contributed by atoms with E-state index in [1.807, 2.05) is 17.0 Å². The van der Waals surface area contributed by atoms with Crippen molar-refractivity contribution in [3.8, 4) is 5.75 Å². The fraction of sp³-hybridized carbons (Fsp3) is 0.273. The van der Waals surface area contributed by atoms with Gasteiger partial charge in [0.25, 0.3) is 5.91 Å². The lowest BCUT2D eigenvalue weighted by atomic mass is 10.0. The minimum Gasteiger partial charge on any atom is -0.481 e. The molecule has 0 bridgehead atoms. The Kier molecular flexibility index (Phi) is 4.44. The predicted molar refractivity (Wildman–Crippen MR) is 104 cm³/mol. The summed E-state index contributed by atoms with van der Waals surface area (Å²) in [5.74, 6) is 0.570. The minimum absolute atomic E-state index is 0.00789. The van der Waals surface area contributed by atoms with Crippen molar-refractivity contribution in [1.82, 2.24) is 9.88 Å². The van der Waals surface area contributed by atoms with Gasteiger partial charge in [0, 0.05) is 47.2 Å². The van der Waals surface area contributed by atoms with Gasteiger partial charge >= 0.3 is 0 Å². The fourth-order valence-corrected chi connectivity index (χ4v) is 3.63. The molecule has 5 nitrogen and oxygen atoms in total. The van der Waals surface area contributed by atoms with Crippen molar-refractivity contribution in [2.75, 3.05) is 6.54 Å². The number of aromatic amines is 1. The molecule has 4 rings (SSSR count). The molecule has 0 spiro atoms. The van der Waals surface area contributed by atoms with Crippen molar-refractivity contribution in [3.63, 3.8) is 0 Å². The third-order valence-corrected chi connectivity index (χ3v) is 5.12. The van der Waals surface area contributed by atoms with E-state index >= 15 is 0 Å². The molecule has 1 aromatic heterocycles. The Hall–Kier alpha value is -3.08. The molecular weight excluding hydrogens is 340 g/mol. The lowest BCUT2D eigenvalue weighted by Crippen LogP contribution is -2.43. The molecule has 138 valence electrons. The Morgan fingerprint density at radius 3 is 2.59 bits per heavy atom. The molecule has 3 aromatic rings. The maximum absolute atomic E-state index is 12.9. The van der Waals surface area contributed by atoms with Crippen molar-refractivity contribution >= 4 is 22.6 Å². The van der Waals surface area contributed by atoms with E-state index in [0.29, 0.717) is 24.4 Å². The topological polar surface area (TPSA) is 62.4 Å². The van der Waals surface area contributed by atoms with Crippen LogP contribution in [0.5, 0.6) is 5.75 Å². The lowest BCUT2D eigenvalue weighted by Gasteiger charge is -2.29. The molecule has 1 atom stereocenters. The van der Waals surface area contributed by atoms with Gasteiger partial charge in [0.2, 0.25) is 0 Å².